The van der Waals surface area contributed by atoms with Crippen molar-refractivity contribution in [3.63, 3.8) is 0 Å². The second kappa shape index (κ2) is 7.29. The fourth-order valence-electron chi connectivity index (χ4n) is 5.28. The molecule has 5 rings (SSSR count). The lowest BCUT2D eigenvalue weighted by atomic mass is 9.90. The number of nitrogens with one attached hydrogen (secondary N) is 1. The van der Waals surface area contributed by atoms with Gasteiger partial charge in [-0.05, 0) is 56.9 Å². The third kappa shape index (κ3) is 3.25. The van der Waals surface area contributed by atoms with Crippen molar-refractivity contribution in [1.82, 2.24) is 9.88 Å². The summed E-state index contributed by atoms with van der Waals surface area (Å²) in [4.78, 5) is 29.2. The predicted molar refractivity (Wildman–Crippen MR) is 120 cm³/mol. The maximum absolute atomic E-state index is 13.8. The van der Waals surface area contributed by atoms with Crippen LogP contribution in [0.15, 0.2) is 41.0 Å². The van der Waals surface area contributed by atoms with Crippen molar-refractivity contribution in [1.29, 1.82) is 0 Å². The van der Waals surface area contributed by atoms with Crippen molar-refractivity contribution in [2.75, 3.05) is 4.90 Å². The monoisotopic (exact) mass is 419 g/mol. The summed E-state index contributed by atoms with van der Waals surface area (Å²) in [5.74, 6) is -0.271. The number of nitrogens with zero attached hydrogens (tertiary/aromatic N) is 2. The number of furan rings is 1. The molecule has 6 nitrogen and oxygen atoms in total. The molecule has 1 aliphatic heterocycles. The minimum atomic E-state index is -1.05. The SMILES string of the molecule is Cc1cc(C)cc(N2C(=O)c3cc4occc4n3C[C@@]2(C)C(=O)NC2CCCCC2)c1. The second-order valence-corrected chi connectivity index (χ2v) is 9.35. The van der Waals surface area contributed by atoms with Gasteiger partial charge in [-0.15, -0.1) is 0 Å². The van der Waals surface area contributed by atoms with Gasteiger partial charge in [0.15, 0.2) is 5.58 Å². The third-order valence-corrected chi connectivity index (χ3v) is 6.80. The molecule has 1 fully saturated rings. The maximum atomic E-state index is 13.8. The number of hydrogen-bond acceptors (Lipinski definition) is 3. The highest BCUT2D eigenvalue weighted by atomic mass is 16.3. The van der Waals surface area contributed by atoms with Gasteiger partial charge in [-0.3, -0.25) is 14.5 Å². The molecule has 162 valence electrons. The summed E-state index contributed by atoms with van der Waals surface area (Å²) in [7, 11) is 0. The van der Waals surface area contributed by atoms with Gasteiger partial charge in [0.1, 0.15) is 11.2 Å². The van der Waals surface area contributed by atoms with E-state index in [9.17, 15) is 9.59 Å². The van der Waals surface area contributed by atoms with Gasteiger partial charge < -0.3 is 14.3 Å². The van der Waals surface area contributed by atoms with Crippen LogP contribution in [-0.2, 0) is 11.3 Å². The lowest BCUT2D eigenvalue weighted by molar-refractivity contribution is -0.127. The first-order chi connectivity index (χ1) is 14.9. The fraction of sp³-hybridized carbons (Fsp3) is 0.440. The van der Waals surface area contributed by atoms with E-state index in [4.69, 9.17) is 4.42 Å². The van der Waals surface area contributed by atoms with Crippen LogP contribution in [0.5, 0.6) is 0 Å². The molecule has 1 N–H and O–H groups in total. The molecule has 1 atom stereocenters. The zero-order valence-corrected chi connectivity index (χ0v) is 18.4. The van der Waals surface area contributed by atoms with E-state index in [1.165, 1.54) is 6.42 Å². The number of fused-ring (bicyclic) bond motifs is 3. The Labute approximate surface area is 182 Å². The second-order valence-electron chi connectivity index (χ2n) is 9.35. The molecule has 0 saturated heterocycles. The van der Waals surface area contributed by atoms with Crippen LogP contribution >= 0.6 is 0 Å². The molecule has 3 heterocycles. The normalized spacial score (nSPS) is 22.0. The number of amides is 2. The highest BCUT2D eigenvalue weighted by molar-refractivity contribution is 6.13. The molecule has 1 saturated carbocycles. The Balaban J connectivity index is 1.62. The summed E-state index contributed by atoms with van der Waals surface area (Å²) >= 11 is 0. The molecule has 2 aliphatic rings. The van der Waals surface area contributed by atoms with Crippen LogP contribution in [0, 0.1) is 13.8 Å². The number of hydrogen-bond donors (Lipinski definition) is 1. The highest BCUT2D eigenvalue weighted by Crippen LogP contribution is 2.37. The van der Waals surface area contributed by atoms with E-state index < -0.39 is 5.54 Å². The summed E-state index contributed by atoms with van der Waals surface area (Å²) in [6.45, 7) is 6.29. The largest absolute Gasteiger partial charge is 0.463 e. The van der Waals surface area contributed by atoms with Gasteiger partial charge in [-0.2, -0.15) is 0 Å². The van der Waals surface area contributed by atoms with Crippen LogP contribution in [0.3, 0.4) is 0 Å². The van der Waals surface area contributed by atoms with Gasteiger partial charge in [0.05, 0.1) is 18.3 Å². The van der Waals surface area contributed by atoms with E-state index in [2.05, 4.69) is 11.4 Å². The number of rotatable bonds is 3. The fourth-order valence-corrected chi connectivity index (χ4v) is 5.28. The molecule has 31 heavy (non-hydrogen) atoms. The van der Waals surface area contributed by atoms with Gasteiger partial charge >= 0.3 is 0 Å². The van der Waals surface area contributed by atoms with Crippen LogP contribution in [0.1, 0.15) is 60.6 Å². The van der Waals surface area contributed by atoms with Gasteiger partial charge in [0.2, 0.25) is 5.91 Å². The van der Waals surface area contributed by atoms with Gasteiger partial charge in [-0.25, -0.2) is 0 Å². The zero-order valence-electron chi connectivity index (χ0n) is 18.4. The van der Waals surface area contributed by atoms with Crippen LogP contribution in [0.25, 0.3) is 11.1 Å². The molecule has 6 heteroatoms. The summed E-state index contributed by atoms with van der Waals surface area (Å²) < 4.78 is 7.49. The first-order valence-corrected chi connectivity index (χ1v) is 11.2. The highest BCUT2D eigenvalue weighted by Gasteiger charge is 2.49. The molecular formula is C25H29N3O3. The Kier molecular flexibility index (Phi) is 4.68. The van der Waals surface area contributed by atoms with Crippen molar-refractivity contribution in [3.8, 4) is 0 Å². The van der Waals surface area contributed by atoms with Crippen molar-refractivity contribution < 1.29 is 14.0 Å². The minimum Gasteiger partial charge on any atom is -0.463 e. The number of anilines is 1. The zero-order chi connectivity index (χ0) is 21.8. The van der Waals surface area contributed by atoms with Gasteiger partial charge in [0, 0.05) is 23.9 Å². The van der Waals surface area contributed by atoms with E-state index >= 15 is 0 Å². The van der Waals surface area contributed by atoms with E-state index in [1.54, 1.807) is 17.2 Å². The van der Waals surface area contributed by atoms with Gasteiger partial charge in [0.25, 0.3) is 5.91 Å². The van der Waals surface area contributed by atoms with Crippen molar-refractivity contribution in [2.45, 2.75) is 71.0 Å². The predicted octanol–water partition coefficient (Wildman–Crippen LogP) is 4.72. The quantitative estimate of drug-likeness (QED) is 0.668. The first kappa shape index (κ1) is 19.9. The molecule has 1 aromatic carbocycles. The summed E-state index contributed by atoms with van der Waals surface area (Å²) in [6, 6.07) is 9.87. The van der Waals surface area contributed by atoms with E-state index in [0.717, 1.165) is 48.0 Å². The molecule has 2 amide bonds. The van der Waals surface area contributed by atoms with E-state index in [-0.39, 0.29) is 17.9 Å². The molecule has 0 bridgehead atoms. The molecule has 0 spiro atoms. The van der Waals surface area contributed by atoms with Crippen LogP contribution in [0.2, 0.25) is 0 Å². The number of aromatic nitrogens is 1. The minimum absolute atomic E-state index is 0.0945. The topological polar surface area (TPSA) is 67.5 Å². The van der Waals surface area contributed by atoms with Crippen molar-refractivity contribution >= 4 is 28.6 Å². The number of benzene rings is 1. The summed E-state index contributed by atoms with van der Waals surface area (Å²) in [5, 5.41) is 3.27. The Morgan fingerprint density at radius 2 is 1.81 bits per heavy atom. The smallest absolute Gasteiger partial charge is 0.276 e. The van der Waals surface area contributed by atoms with E-state index in [0.29, 0.717) is 17.8 Å². The average Bonchev–Trinajstić information content (AvgIpc) is 3.30. The molecule has 3 aromatic rings. The van der Waals surface area contributed by atoms with Crippen LogP contribution in [-0.4, -0.2) is 28.0 Å². The van der Waals surface area contributed by atoms with E-state index in [1.807, 2.05) is 43.5 Å². The number of carbonyl (C=O) groups is 2. The lowest BCUT2D eigenvalue weighted by Crippen LogP contribution is -2.65. The Morgan fingerprint density at radius 3 is 2.52 bits per heavy atom. The van der Waals surface area contributed by atoms with Crippen LogP contribution < -0.4 is 10.2 Å². The maximum Gasteiger partial charge on any atom is 0.276 e. The Hall–Kier alpha value is -3.02. The molecule has 0 unspecified atom stereocenters. The lowest BCUT2D eigenvalue weighted by Gasteiger charge is -2.44. The Morgan fingerprint density at radius 1 is 1.10 bits per heavy atom. The molecule has 1 aliphatic carbocycles. The number of carbonyl (C=O) groups excluding carboxylic acids is 2. The van der Waals surface area contributed by atoms with Gasteiger partial charge in [-0.1, -0.05) is 25.3 Å². The van der Waals surface area contributed by atoms with Crippen LogP contribution in [0.4, 0.5) is 5.69 Å². The summed E-state index contributed by atoms with van der Waals surface area (Å²) in [5.41, 5.74) is 3.90. The average molecular weight is 420 g/mol. The molecule has 2 aromatic heterocycles. The number of aryl methyl sites for hydroxylation is 2. The summed E-state index contributed by atoms with van der Waals surface area (Å²) in [6.07, 6.45) is 7.12. The van der Waals surface area contributed by atoms with Crippen molar-refractivity contribution in [3.05, 3.63) is 53.4 Å². The van der Waals surface area contributed by atoms with Crippen molar-refractivity contribution in [2.24, 2.45) is 0 Å². The standard InChI is InChI=1S/C25H29N3O3/c1-16-11-17(2)13-19(12-16)28-23(29)21-14-22-20(9-10-31-22)27(21)15-25(28,3)24(30)26-18-7-5-4-6-8-18/h9-14,18H,4-8,15H2,1-3H3,(H,26,30)/t25-/m0/s1. The first-order valence-electron chi connectivity index (χ1n) is 11.2. The Bertz CT molecular complexity index is 1150. The molecular weight excluding hydrogens is 390 g/mol. The third-order valence-electron chi connectivity index (χ3n) is 6.80. The molecule has 0 radical (unpaired) electrons.